The molecule has 0 spiro atoms. The highest BCUT2D eigenvalue weighted by Crippen LogP contribution is 2.33. The zero-order chi connectivity index (χ0) is 13.2. The van der Waals surface area contributed by atoms with Gasteiger partial charge in [-0.2, -0.15) is 5.10 Å². The van der Waals surface area contributed by atoms with Gasteiger partial charge in [0.2, 0.25) is 0 Å². The van der Waals surface area contributed by atoms with Gasteiger partial charge in [0.25, 0.3) is 0 Å². The van der Waals surface area contributed by atoms with Gasteiger partial charge in [-0.1, -0.05) is 23.7 Å². The van der Waals surface area contributed by atoms with Crippen molar-refractivity contribution < 1.29 is 4.74 Å². The summed E-state index contributed by atoms with van der Waals surface area (Å²) in [5, 5.41) is 8.19. The first-order valence-corrected chi connectivity index (χ1v) is 6.77. The minimum atomic E-state index is 0.624. The molecular formula is C14H16ClN3O. The number of hydrogen-bond acceptors (Lipinski definition) is 3. The second-order valence-corrected chi connectivity index (χ2v) is 5.24. The molecule has 1 aromatic heterocycles. The van der Waals surface area contributed by atoms with Gasteiger partial charge >= 0.3 is 0 Å². The summed E-state index contributed by atoms with van der Waals surface area (Å²) in [5.74, 6) is 1.41. The maximum absolute atomic E-state index is 6.24. The number of halogens is 1. The van der Waals surface area contributed by atoms with E-state index in [-0.39, 0.29) is 0 Å². The Kier molecular flexibility index (Phi) is 3.44. The Morgan fingerprint density at radius 3 is 3.00 bits per heavy atom. The second-order valence-electron chi connectivity index (χ2n) is 4.84. The molecule has 100 valence electrons. The highest BCUT2D eigenvalue weighted by atomic mass is 35.5. The molecule has 5 heteroatoms. The normalized spacial score (nSPS) is 14.6. The first-order chi connectivity index (χ1) is 9.22. The van der Waals surface area contributed by atoms with Crippen molar-refractivity contribution in [1.29, 1.82) is 0 Å². The van der Waals surface area contributed by atoms with E-state index in [4.69, 9.17) is 16.3 Å². The van der Waals surface area contributed by atoms with Crippen LogP contribution < -0.4 is 10.1 Å². The number of rotatable bonds is 5. The Morgan fingerprint density at radius 2 is 2.32 bits per heavy atom. The molecule has 0 aliphatic heterocycles. The van der Waals surface area contributed by atoms with Crippen molar-refractivity contribution in [2.45, 2.75) is 25.4 Å². The molecule has 1 fully saturated rings. The van der Waals surface area contributed by atoms with Crippen LogP contribution in [0.3, 0.4) is 0 Å². The van der Waals surface area contributed by atoms with Crippen LogP contribution in [0.15, 0.2) is 30.6 Å². The molecular weight excluding hydrogens is 262 g/mol. The van der Waals surface area contributed by atoms with Crippen LogP contribution in [0.1, 0.15) is 18.4 Å². The van der Waals surface area contributed by atoms with Crippen molar-refractivity contribution in [1.82, 2.24) is 15.1 Å². The Bertz CT molecular complexity index is 578. The van der Waals surface area contributed by atoms with Crippen LogP contribution in [-0.4, -0.2) is 15.8 Å². The predicted molar refractivity (Wildman–Crippen MR) is 74.6 cm³/mol. The van der Waals surface area contributed by atoms with Crippen molar-refractivity contribution in [2.75, 3.05) is 0 Å². The van der Waals surface area contributed by atoms with Crippen LogP contribution in [0.25, 0.3) is 0 Å². The number of nitrogens with zero attached hydrogens (tertiary/aromatic N) is 2. The Morgan fingerprint density at radius 1 is 1.47 bits per heavy atom. The van der Waals surface area contributed by atoms with Gasteiger partial charge in [-0.05, 0) is 18.9 Å². The third-order valence-corrected chi connectivity index (χ3v) is 3.41. The summed E-state index contributed by atoms with van der Waals surface area (Å²) in [5.41, 5.74) is 1.07. The fraction of sp³-hybridized carbons (Fsp3) is 0.357. The highest BCUT2D eigenvalue weighted by Gasteiger charge is 2.21. The van der Waals surface area contributed by atoms with Crippen LogP contribution in [0, 0.1) is 0 Å². The van der Waals surface area contributed by atoms with Gasteiger partial charge in [-0.15, -0.1) is 0 Å². The lowest BCUT2D eigenvalue weighted by molar-refractivity contribution is 0.472. The summed E-state index contributed by atoms with van der Waals surface area (Å²) in [4.78, 5) is 0. The highest BCUT2D eigenvalue weighted by molar-refractivity contribution is 6.32. The summed E-state index contributed by atoms with van der Waals surface area (Å²) in [6, 6.07) is 6.48. The lowest BCUT2D eigenvalue weighted by atomic mass is 10.2. The van der Waals surface area contributed by atoms with Crippen molar-refractivity contribution in [3.05, 3.63) is 41.2 Å². The molecule has 0 unspecified atom stereocenters. The molecule has 3 rings (SSSR count). The van der Waals surface area contributed by atoms with Gasteiger partial charge in [-0.3, -0.25) is 4.68 Å². The summed E-state index contributed by atoms with van der Waals surface area (Å²) < 4.78 is 7.56. The van der Waals surface area contributed by atoms with Crippen molar-refractivity contribution in [2.24, 2.45) is 7.05 Å². The number of hydrogen-bond donors (Lipinski definition) is 1. The first kappa shape index (κ1) is 12.5. The van der Waals surface area contributed by atoms with Crippen molar-refractivity contribution >= 4 is 11.6 Å². The van der Waals surface area contributed by atoms with Crippen LogP contribution in [0.4, 0.5) is 0 Å². The minimum Gasteiger partial charge on any atom is -0.452 e. The number of benzene rings is 1. The summed E-state index contributed by atoms with van der Waals surface area (Å²) in [7, 11) is 1.86. The van der Waals surface area contributed by atoms with E-state index in [9.17, 15) is 0 Å². The van der Waals surface area contributed by atoms with Gasteiger partial charge in [0.1, 0.15) is 0 Å². The van der Waals surface area contributed by atoms with E-state index in [0.717, 1.165) is 12.1 Å². The molecule has 1 N–H and O–H groups in total. The molecule has 0 radical (unpaired) electrons. The molecule has 19 heavy (non-hydrogen) atoms. The van der Waals surface area contributed by atoms with E-state index < -0.39 is 0 Å². The topological polar surface area (TPSA) is 39.1 Å². The van der Waals surface area contributed by atoms with Crippen LogP contribution >= 0.6 is 11.6 Å². The van der Waals surface area contributed by atoms with E-state index >= 15 is 0 Å². The predicted octanol–water partition coefficient (Wildman–Crippen LogP) is 3.12. The van der Waals surface area contributed by atoms with Crippen molar-refractivity contribution in [3.8, 4) is 11.5 Å². The number of aryl methyl sites for hydroxylation is 1. The van der Waals surface area contributed by atoms with Gasteiger partial charge in [0.05, 0.1) is 17.4 Å². The molecule has 1 aliphatic rings. The number of para-hydroxylation sites is 1. The molecule has 4 nitrogen and oxygen atoms in total. The first-order valence-electron chi connectivity index (χ1n) is 6.39. The summed E-state index contributed by atoms with van der Waals surface area (Å²) in [6.07, 6.45) is 6.03. The largest absolute Gasteiger partial charge is 0.452 e. The second kappa shape index (κ2) is 5.23. The SMILES string of the molecule is Cn1cc(Oc2c(Cl)cccc2CNC2CC2)cn1. The molecule has 1 saturated carbocycles. The molecule has 0 saturated heterocycles. The molecule has 0 atom stereocenters. The summed E-state index contributed by atoms with van der Waals surface area (Å²) >= 11 is 6.24. The number of aromatic nitrogens is 2. The number of ether oxygens (including phenoxy) is 1. The van der Waals surface area contributed by atoms with E-state index in [0.29, 0.717) is 22.6 Å². The van der Waals surface area contributed by atoms with Crippen LogP contribution in [0.2, 0.25) is 5.02 Å². The van der Waals surface area contributed by atoms with Crippen molar-refractivity contribution in [3.63, 3.8) is 0 Å². The molecule has 1 heterocycles. The van der Waals surface area contributed by atoms with E-state index in [1.807, 2.05) is 31.4 Å². The lowest BCUT2D eigenvalue weighted by Gasteiger charge is -2.12. The maximum atomic E-state index is 6.24. The fourth-order valence-electron chi connectivity index (χ4n) is 1.92. The third-order valence-electron chi connectivity index (χ3n) is 3.11. The zero-order valence-electron chi connectivity index (χ0n) is 10.8. The quantitative estimate of drug-likeness (QED) is 0.913. The molecule has 0 bridgehead atoms. The Labute approximate surface area is 117 Å². The molecule has 2 aromatic rings. The van der Waals surface area contributed by atoms with Gasteiger partial charge in [0.15, 0.2) is 11.5 Å². The van der Waals surface area contributed by atoms with E-state index in [1.54, 1.807) is 10.9 Å². The monoisotopic (exact) mass is 277 g/mol. The zero-order valence-corrected chi connectivity index (χ0v) is 11.5. The number of nitrogens with one attached hydrogen (secondary N) is 1. The summed E-state index contributed by atoms with van der Waals surface area (Å²) in [6.45, 7) is 0.779. The van der Waals surface area contributed by atoms with E-state index in [2.05, 4.69) is 10.4 Å². The van der Waals surface area contributed by atoms with Gasteiger partial charge < -0.3 is 10.1 Å². The smallest absolute Gasteiger partial charge is 0.165 e. The molecule has 1 aromatic carbocycles. The standard InChI is InChI=1S/C14H16ClN3O/c1-18-9-12(8-17-18)19-14-10(3-2-4-13(14)15)7-16-11-5-6-11/h2-4,8-9,11,16H,5-7H2,1H3. The van der Waals surface area contributed by atoms with Crippen LogP contribution in [-0.2, 0) is 13.6 Å². The average molecular weight is 278 g/mol. The minimum absolute atomic E-state index is 0.624. The Hall–Kier alpha value is -1.52. The van der Waals surface area contributed by atoms with Crippen LogP contribution in [0.5, 0.6) is 11.5 Å². The van der Waals surface area contributed by atoms with E-state index in [1.165, 1.54) is 12.8 Å². The lowest BCUT2D eigenvalue weighted by Crippen LogP contribution is -2.15. The third kappa shape index (κ3) is 3.08. The molecule has 1 aliphatic carbocycles. The maximum Gasteiger partial charge on any atom is 0.165 e. The van der Waals surface area contributed by atoms with Gasteiger partial charge in [0, 0.05) is 25.2 Å². The van der Waals surface area contributed by atoms with Gasteiger partial charge in [-0.25, -0.2) is 0 Å². The fourth-order valence-corrected chi connectivity index (χ4v) is 2.15. The Balaban J connectivity index is 1.80. The molecule has 0 amide bonds. The average Bonchev–Trinajstić information content (AvgIpc) is 3.13.